The molecule has 1 amide bonds. The zero-order valence-electron chi connectivity index (χ0n) is 10.5. The predicted octanol–water partition coefficient (Wildman–Crippen LogP) is 2.79. The van der Waals surface area contributed by atoms with E-state index in [1.807, 2.05) is 0 Å². The van der Waals surface area contributed by atoms with Crippen LogP contribution in [0.3, 0.4) is 0 Å². The minimum absolute atomic E-state index is 0.198. The first-order valence-electron chi connectivity index (χ1n) is 5.69. The maximum absolute atomic E-state index is 13.1. The summed E-state index contributed by atoms with van der Waals surface area (Å²) in [5.74, 6) is -1.84. The average molecular weight is 315 g/mol. The van der Waals surface area contributed by atoms with Crippen molar-refractivity contribution in [2.75, 3.05) is 5.75 Å². The lowest BCUT2D eigenvalue weighted by molar-refractivity contribution is -0.119. The molecule has 20 heavy (non-hydrogen) atoms. The first-order valence-corrected chi connectivity index (χ1v) is 7.56. The molecule has 0 fully saturated rings. The van der Waals surface area contributed by atoms with Crippen molar-refractivity contribution in [2.45, 2.75) is 17.3 Å². The lowest BCUT2D eigenvalue weighted by Crippen LogP contribution is -2.28. The molecule has 1 atom stereocenters. The van der Waals surface area contributed by atoms with E-state index in [-0.39, 0.29) is 11.7 Å². The minimum Gasteiger partial charge on any atom is -0.349 e. The minimum atomic E-state index is -0.924. The van der Waals surface area contributed by atoms with E-state index in [1.165, 1.54) is 29.2 Å². The molecule has 0 saturated carbocycles. The second kappa shape index (κ2) is 6.76. The van der Waals surface area contributed by atoms with Gasteiger partial charge in [-0.3, -0.25) is 4.79 Å². The fourth-order valence-electron chi connectivity index (χ4n) is 1.50. The van der Waals surface area contributed by atoms with Crippen LogP contribution < -0.4 is 5.32 Å². The van der Waals surface area contributed by atoms with Crippen LogP contribution in [0.1, 0.15) is 18.5 Å². The van der Waals surface area contributed by atoms with Crippen LogP contribution in [0.2, 0.25) is 0 Å². The van der Waals surface area contributed by atoms with Crippen LogP contribution in [-0.4, -0.2) is 21.9 Å². The van der Waals surface area contributed by atoms with Gasteiger partial charge in [0.1, 0.15) is 5.51 Å². The van der Waals surface area contributed by atoms with Crippen LogP contribution in [-0.2, 0) is 4.79 Å². The fraction of sp³-hybridized carbons (Fsp3) is 0.250. The molecule has 2 rings (SSSR count). The average Bonchev–Trinajstić information content (AvgIpc) is 2.92. The van der Waals surface area contributed by atoms with Crippen molar-refractivity contribution in [3.05, 3.63) is 40.9 Å². The van der Waals surface area contributed by atoms with Gasteiger partial charge in [-0.1, -0.05) is 29.2 Å². The van der Waals surface area contributed by atoms with Gasteiger partial charge in [0.05, 0.1) is 11.8 Å². The molecule has 8 heteroatoms. The van der Waals surface area contributed by atoms with E-state index in [1.54, 1.807) is 12.4 Å². The Labute approximate surface area is 122 Å². The Bertz CT molecular complexity index is 592. The molecular formula is C12H11F2N3OS2. The van der Waals surface area contributed by atoms with Gasteiger partial charge in [0.2, 0.25) is 5.91 Å². The second-order valence-corrected chi connectivity index (χ2v) is 6.01. The van der Waals surface area contributed by atoms with Crippen molar-refractivity contribution in [3.8, 4) is 0 Å². The van der Waals surface area contributed by atoms with Crippen molar-refractivity contribution in [3.63, 3.8) is 0 Å². The number of nitrogens with one attached hydrogen (secondary N) is 1. The van der Waals surface area contributed by atoms with Crippen LogP contribution in [0.15, 0.2) is 28.0 Å². The SMILES string of the molecule is CC(NC(=O)CSc1nncs1)c1ccc(F)c(F)c1. The Kier molecular flexibility index (Phi) is 5.02. The quantitative estimate of drug-likeness (QED) is 0.862. The number of hydrogen-bond donors (Lipinski definition) is 1. The molecule has 1 unspecified atom stereocenters. The van der Waals surface area contributed by atoms with Crippen LogP contribution in [0.5, 0.6) is 0 Å². The molecule has 4 nitrogen and oxygen atoms in total. The molecule has 106 valence electrons. The normalized spacial score (nSPS) is 12.2. The third-order valence-corrected chi connectivity index (χ3v) is 4.35. The van der Waals surface area contributed by atoms with Gasteiger partial charge in [-0.15, -0.1) is 10.2 Å². The van der Waals surface area contributed by atoms with E-state index in [2.05, 4.69) is 15.5 Å². The summed E-state index contributed by atoms with van der Waals surface area (Å²) in [7, 11) is 0. The molecule has 1 aromatic heterocycles. The van der Waals surface area contributed by atoms with Gasteiger partial charge in [-0.2, -0.15) is 0 Å². The van der Waals surface area contributed by atoms with E-state index < -0.39 is 17.7 Å². The van der Waals surface area contributed by atoms with Crippen LogP contribution in [0.25, 0.3) is 0 Å². The monoisotopic (exact) mass is 315 g/mol. The number of thioether (sulfide) groups is 1. The Morgan fingerprint density at radius 1 is 1.45 bits per heavy atom. The highest BCUT2D eigenvalue weighted by molar-refractivity contribution is 8.01. The third kappa shape index (κ3) is 3.97. The topological polar surface area (TPSA) is 54.9 Å². The van der Waals surface area contributed by atoms with Crippen LogP contribution in [0, 0.1) is 11.6 Å². The third-order valence-electron chi connectivity index (χ3n) is 2.49. The summed E-state index contributed by atoms with van der Waals surface area (Å²) in [6.07, 6.45) is 0. The Hall–Kier alpha value is -1.54. The summed E-state index contributed by atoms with van der Waals surface area (Å²) in [5.41, 5.74) is 2.10. The molecule has 0 aliphatic carbocycles. The van der Waals surface area contributed by atoms with Crippen molar-refractivity contribution >= 4 is 29.0 Å². The first-order chi connectivity index (χ1) is 9.56. The van der Waals surface area contributed by atoms with Crippen molar-refractivity contribution in [2.24, 2.45) is 0 Å². The van der Waals surface area contributed by atoms with Gasteiger partial charge in [0.25, 0.3) is 0 Å². The number of hydrogen-bond acceptors (Lipinski definition) is 5. The standard InChI is InChI=1S/C12H11F2N3OS2/c1-7(8-2-3-9(13)10(14)4-8)16-11(18)5-19-12-17-15-6-20-12/h2-4,6-7H,5H2,1H3,(H,16,18). The molecule has 0 saturated heterocycles. The zero-order chi connectivity index (χ0) is 14.5. The summed E-state index contributed by atoms with van der Waals surface area (Å²) in [5, 5.41) is 10.2. The Morgan fingerprint density at radius 2 is 2.25 bits per heavy atom. The summed E-state index contributed by atoms with van der Waals surface area (Å²) >= 11 is 2.63. The van der Waals surface area contributed by atoms with Crippen molar-refractivity contribution in [1.29, 1.82) is 0 Å². The number of amides is 1. The number of aromatic nitrogens is 2. The van der Waals surface area contributed by atoms with Gasteiger partial charge in [-0.05, 0) is 24.6 Å². The number of halogens is 2. The predicted molar refractivity (Wildman–Crippen MR) is 73.5 cm³/mol. The fourth-order valence-corrected chi connectivity index (χ4v) is 2.80. The van der Waals surface area contributed by atoms with E-state index in [0.29, 0.717) is 9.90 Å². The summed E-state index contributed by atoms with van der Waals surface area (Å²) < 4.78 is 26.6. The number of rotatable bonds is 5. The van der Waals surface area contributed by atoms with E-state index in [4.69, 9.17) is 0 Å². The summed E-state index contributed by atoms with van der Waals surface area (Å²) in [6, 6.07) is 3.18. The van der Waals surface area contributed by atoms with E-state index >= 15 is 0 Å². The zero-order valence-corrected chi connectivity index (χ0v) is 12.1. The number of benzene rings is 1. The number of carbonyl (C=O) groups is 1. The summed E-state index contributed by atoms with van der Waals surface area (Å²) in [6.45, 7) is 1.71. The molecule has 1 N–H and O–H groups in total. The van der Waals surface area contributed by atoms with Gasteiger partial charge in [-0.25, -0.2) is 8.78 Å². The molecule has 0 spiro atoms. The maximum atomic E-state index is 13.1. The van der Waals surface area contributed by atoms with Crippen LogP contribution >= 0.6 is 23.1 Å². The molecule has 0 aliphatic rings. The Balaban J connectivity index is 1.88. The smallest absolute Gasteiger partial charge is 0.230 e. The Morgan fingerprint density at radius 3 is 2.90 bits per heavy atom. The molecule has 2 aromatic rings. The van der Waals surface area contributed by atoms with Gasteiger partial charge < -0.3 is 5.32 Å². The largest absolute Gasteiger partial charge is 0.349 e. The molecular weight excluding hydrogens is 304 g/mol. The number of carbonyl (C=O) groups excluding carboxylic acids is 1. The highest BCUT2D eigenvalue weighted by Gasteiger charge is 2.12. The molecule has 0 bridgehead atoms. The summed E-state index contributed by atoms with van der Waals surface area (Å²) in [4.78, 5) is 11.7. The van der Waals surface area contributed by atoms with E-state index in [9.17, 15) is 13.6 Å². The lowest BCUT2D eigenvalue weighted by Gasteiger charge is -2.14. The van der Waals surface area contributed by atoms with Crippen molar-refractivity contribution in [1.82, 2.24) is 15.5 Å². The molecule has 1 aromatic carbocycles. The highest BCUT2D eigenvalue weighted by atomic mass is 32.2. The van der Waals surface area contributed by atoms with Gasteiger partial charge in [0, 0.05) is 0 Å². The lowest BCUT2D eigenvalue weighted by atomic mass is 10.1. The second-order valence-electron chi connectivity index (χ2n) is 3.96. The molecule has 0 radical (unpaired) electrons. The van der Waals surface area contributed by atoms with Gasteiger partial charge in [0.15, 0.2) is 16.0 Å². The molecule has 1 heterocycles. The van der Waals surface area contributed by atoms with Crippen molar-refractivity contribution < 1.29 is 13.6 Å². The maximum Gasteiger partial charge on any atom is 0.230 e. The molecule has 0 aliphatic heterocycles. The van der Waals surface area contributed by atoms with E-state index in [0.717, 1.165) is 12.1 Å². The van der Waals surface area contributed by atoms with Gasteiger partial charge >= 0.3 is 0 Å². The highest BCUT2D eigenvalue weighted by Crippen LogP contribution is 2.19. The first kappa shape index (κ1) is 14.9. The van der Waals surface area contributed by atoms with Crippen LogP contribution in [0.4, 0.5) is 8.78 Å². The number of nitrogens with zero attached hydrogens (tertiary/aromatic N) is 2.